The highest BCUT2D eigenvalue weighted by Crippen LogP contribution is 2.38. The molecule has 1 fully saturated rings. The highest BCUT2D eigenvalue weighted by Gasteiger charge is 2.39. The van der Waals surface area contributed by atoms with Gasteiger partial charge in [-0.15, -0.1) is 11.3 Å². The second-order valence-electron chi connectivity index (χ2n) is 4.45. The summed E-state index contributed by atoms with van der Waals surface area (Å²) in [4.78, 5) is 21.1. The lowest BCUT2D eigenvalue weighted by Gasteiger charge is -2.31. The molecule has 0 radical (unpaired) electrons. The van der Waals surface area contributed by atoms with E-state index in [0.717, 1.165) is 10.4 Å². The van der Waals surface area contributed by atoms with Crippen LogP contribution in [0.3, 0.4) is 0 Å². The number of carboxylic acids is 1. The Hall–Kier alpha value is -1.23. The van der Waals surface area contributed by atoms with Gasteiger partial charge >= 0.3 is 5.97 Å². The summed E-state index contributed by atoms with van der Waals surface area (Å²) in [5.41, 5.74) is -0.496. The first-order valence-corrected chi connectivity index (χ1v) is 8.57. The van der Waals surface area contributed by atoms with E-state index < -0.39 is 32.6 Å². The first-order chi connectivity index (χ1) is 9.75. The van der Waals surface area contributed by atoms with Crippen molar-refractivity contribution in [2.24, 2.45) is 0 Å². The molecular weight excluding hydrogens is 344 g/mol. The molecule has 116 valence electrons. The Morgan fingerprint density at radius 3 is 2.71 bits per heavy atom. The number of halogens is 1. The molecule has 1 aliphatic heterocycles. The van der Waals surface area contributed by atoms with E-state index in [2.05, 4.69) is 0 Å². The number of carbonyl (C=O) groups is 1. The third kappa shape index (κ3) is 3.03. The number of hydrogen-bond donors (Lipinski definition) is 1. The van der Waals surface area contributed by atoms with E-state index in [9.17, 15) is 23.3 Å². The van der Waals surface area contributed by atoms with Crippen molar-refractivity contribution < 1.29 is 23.2 Å². The molecule has 1 aromatic rings. The van der Waals surface area contributed by atoms with Crippen LogP contribution in [0.15, 0.2) is 10.3 Å². The van der Waals surface area contributed by atoms with E-state index in [1.165, 1.54) is 0 Å². The number of hydrogen-bond acceptors (Lipinski definition) is 6. The molecule has 0 bridgehead atoms. The number of sulfonamides is 1. The molecule has 2 rings (SSSR count). The molecule has 1 unspecified atom stereocenters. The molecule has 1 saturated heterocycles. The lowest BCUT2D eigenvalue weighted by atomic mass is 10.1. The zero-order valence-electron chi connectivity index (χ0n) is 10.6. The monoisotopic (exact) mass is 354 g/mol. The van der Waals surface area contributed by atoms with E-state index >= 15 is 0 Å². The maximum Gasteiger partial charge on any atom is 0.322 e. The van der Waals surface area contributed by atoms with Gasteiger partial charge in [-0.05, 0) is 19.3 Å². The molecule has 11 heteroatoms. The van der Waals surface area contributed by atoms with E-state index in [-0.39, 0.29) is 21.5 Å². The van der Waals surface area contributed by atoms with Crippen molar-refractivity contribution in [1.82, 2.24) is 4.31 Å². The Bertz CT molecular complexity index is 686. The van der Waals surface area contributed by atoms with Crippen molar-refractivity contribution in [1.29, 1.82) is 0 Å². The van der Waals surface area contributed by atoms with Crippen LogP contribution in [-0.4, -0.2) is 41.3 Å². The summed E-state index contributed by atoms with van der Waals surface area (Å²) in [6, 6.07) is -0.278. The summed E-state index contributed by atoms with van der Waals surface area (Å²) in [7, 11) is -4.11. The number of piperidine rings is 1. The Morgan fingerprint density at radius 1 is 1.52 bits per heavy atom. The number of thiophene rings is 1. The number of nitro groups is 1. The zero-order chi connectivity index (χ0) is 15.8. The van der Waals surface area contributed by atoms with Gasteiger partial charge in [-0.3, -0.25) is 14.9 Å². The molecule has 2 heterocycles. The van der Waals surface area contributed by atoms with E-state index in [4.69, 9.17) is 16.7 Å². The van der Waals surface area contributed by atoms with E-state index in [1.54, 1.807) is 0 Å². The first-order valence-electron chi connectivity index (χ1n) is 5.93. The standard InChI is InChI=1S/C10H11ClN2O6S2/c11-9-7(13(16)17)5-8(20-9)21(18,19)12-4-2-1-3-6(12)10(14)15/h5-6H,1-4H2,(H,14,15). The van der Waals surface area contributed by atoms with Crippen molar-refractivity contribution in [3.63, 3.8) is 0 Å². The van der Waals surface area contributed by atoms with Gasteiger partial charge in [0.25, 0.3) is 15.7 Å². The predicted molar refractivity (Wildman–Crippen MR) is 75.2 cm³/mol. The highest BCUT2D eigenvalue weighted by molar-refractivity contribution is 7.91. The van der Waals surface area contributed by atoms with Crippen LogP contribution in [-0.2, 0) is 14.8 Å². The molecule has 21 heavy (non-hydrogen) atoms. The minimum absolute atomic E-state index is 0.0720. The third-order valence-electron chi connectivity index (χ3n) is 3.14. The quantitative estimate of drug-likeness (QED) is 0.652. The molecular formula is C10H11ClN2O6S2. The molecule has 1 aromatic heterocycles. The predicted octanol–water partition coefficient (Wildman–Crippen LogP) is 1.94. The number of rotatable bonds is 4. The van der Waals surface area contributed by atoms with Crippen LogP contribution < -0.4 is 0 Å². The van der Waals surface area contributed by atoms with Gasteiger partial charge in [0.15, 0.2) is 4.34 Å². The zero-order valence-corrected chi connectivity index (χ0v) is 12.9. The van der Waals surface area contributed by atoms with Gasteiger partial charge in [0, 0.05) is 12.6 Å². The van der Waals surface area contributed by atoms with Crippen molar-refractivity contribution in [2.75, 3.05) is 6.54 Å². The van der Waals surface area contributed by atoms with E-state index in [1.807, 2.05) is 0 Å². The average molecular weight is 355 g/mol. The maximum absolute atomic E-state index is 12.5. The minimum Gasteiger partial charge on any atom is -0.480 e. The molecule has 0 saturated carbocycles. The Balaban J connectivity index is 2.43. The second-order valence-corrected chi connectivity index (χ2v) is 8.22. The molecule has 0 amide bonds. The summed E-state index contributed by atoms with van der Waals surface area (Å²) < 4.78 is 25.3. The lowest BCUT2D eigenvalue weighted by Crippen LogP contribution is -2.47. The summed E-state index contributed by atoms with van der Waals surface area (Å²) in [6.45, 7) is 0.0720. The van der Waals surface area contributed by atoms with Crippen molar-refractivity contribution in [2.45, 2.75) is 29.5 Å². The van der Waals surface area contributed by atoms with Crippen LogP contribution in [0, 0.1) is 10.1 Å². The molecule has 1 N–H and O–H groups in total. The average Bonchev–Trinajstić information content (AvgIpc) is 2.81. The van der Waals surface area contributed by atoms with Gasteiger partial charge in [0.2, 0.25) is 0 Å². The third-order valence-corrected chi connectivity index (χ3v) is 6.84. The van der Waals surface area contributed by atoms with Crippen molar-refractivity contribution in [3.8, 4) is 0 Å². The van der Waals surface area contributed by atoms with Gasteiger partial charge in [-0.25, -0.2) is 8.42 Å². The van der Waals surface area contributed by atoms with Crippen LogP contribution >= 0.6 is 22.9 Å². The number of nitrogens with zero attached hydrogens (tertiary/aromatic N) is 2. The van der Waals surface area contributed by atoms with Crippen LogP contribution in [0.1, 0.15) is 19.3 Å². The first kappa shape index (κ1) is 16.1. The van der Waals surface area contributed by atoms with Crippen LogP contribution in [0.4, 0.5) is 5.69 Å². The normalized spacial score (nSPS) is 20.3. The van der Waals surface area contributed by atoms with Crippen molar-refractivity contribution in [3.05, 3.63) is 20.5 Å². The van der Waals surface area contributed by atoms with Gasteiger partial charge in [-0.1, -0.05) is 11.6 Å². The summed E-state index contributed by atoms with van der Waals surface area (Å²) in [5.74, 6) is -1.23. The number of aliphatic carboxylic acids is 1. The van der Waals surface area contributed by atoms with Gasteiger partial charge in [-0.2, -0.15) is 4.31 Å². The SMILES string of the molecule is O=C(O)C1CCCCN1S(=O)(=O)c1cc([N+](=O)[O-])c(Cl)s1. The summed E-state index contributed by atoms with van der Waals surface area (Å²) in [6.07, 6.45) is 1.38. The topological polar surface area (TPSA) is 118 Å². The minimum atomic E-state index is -4.11. The van der Waals surface area contributed by atoms with Gasteiger partial charge in [0.1, 0.15) is 10.3 Å². The Morgan fingerprint density at radius 2 is 2.19 bits per heavy atom. The van der Waals surface area contributed by atoms with Crippen LogP contribution in [0.2, 0.25) is 4.34 Å². The molecule has 0 aromatic carbocycles. The Kier molecular flexibility index (Phi) is 4.51. The Labute approximate surface area is 129 Å². The van der Waals surface area contributed by atoms with Gasteiger partial charge < -0.3 is 5.11 Å². The van der Waals surface area contributed by atoms with Crippen molar-refractivity contribution >= 4 is 44.6 Å². The van der Waals surface area contributed by atoms with Crippen LogP contribution in [0.5, 0.6) is 0 Å². The maximum atomic E-state index is 12.5. The molecule has 1 atom stereocenters. The molecule has 8 nitrogen and oxygen atoms in total. The lowest BCUT2D eigenvalue weighted by molar-refractivity contribution is -0.384. The molecule has 1 aliphatic rings. The molecule has 0 spiro atoms. The fourth-order valence-corrected chi connectivity index (χ4v) is 5.59. The van der Waals surface area contributed by atoms with Gasteiger partial charge in [0.05, 0.1) is 4.92 Å². The second kappa shape index (κ2) is 5.87. The highest BCUT2D eigenvalue weighted by atomic mass is 35.5. The smallest absolute Gasteiger partial charge is 0.322 e. The number of carboxylic acid groups (broad SMARTS) is 1. The van der Waals surface area contributed by atoms with Crippen LogP contribution in [0.25, 0.3) is 0 Å². The largest absolute Gasteiger partial charge is 0.480 e. The van der Waals surface area contributed by atoms with E-state index in [0.29, 0.717) is 24.2 Å². The fourth-order valence-electron chi connectivity index (χ4n) is 2.15. The summed E-state index contributed by atoms with van der Waals surface area (Å²) >= 11 is 6.22. The fraction of sp³-hybridized carbons (Fsp3) is 0.500. The molecule has 0 aliphatic carbocycles. The summed E-state index contributed by atoms with van der Waals surface area (Å²) in [5, 5.41) is 19.9.